The summed E-state index contributed by atoms with van der Waals surface area (Å²) in [5.74, 6) is 0. The largest absolute Gasteiger partial charge is 0.316 e. The van der Waals surface area contributed by atoms with Crippen LogP contribution in [0.15, 0.2) is 12.2 Å². The molecule has 2 heteroatoms. The minimum Gasteiger partial charge on any atom is -0.316 e. The lowest BCUT2D eigenvalue weighted by molar-refractivity contribution is 0.101. The van der Waals surface area contributed by atoms with Gasteiger partial charge in [-0.15, -0.1) is 0 Å². The third kappa shape index (κ3) is 1.64. The minimum atomic E-state index is -0.347. The third-order valence-corrected chi connectivity index (χ3v) is 1.35. The van der Waals surface area contributed by atoms with Gasteiger partial charge in [0.15, 0.2) is 0 Å². The van der Waals surface area contributed by atoms with Crippen molar-refractivity contribution in [3.05, 3.63) is 12.2 Å². The van der Waals surface area contributed by atoms with Gasteiger partial charge in [-0.25, -0.2) is 0 Å². The van der Waals surface area contributed by atoms with Gasteiger partial charge in [0.2, 0.25) is 0 Å². The van der Waals surface area contributed by atoms with Crippen molar-refractivity contribution in [3.63, 3.8) is 0 Å². The fraction of sp³-hybridized carbons (Fsp3) is 0.667. The number of hydroxylamine groups is 1. The second-order valence-electron chi connectivity index (χ2n) is 2.52. The van der Waals surface area contributed by atoms with E-state index in [4.69, 9.17) is 5.21 Å². The quantitative estimate of drug-likeness (QED) is 0.420. The molecule has 0 saturated carbocycles. The molecule has 0 atom stereocenters. The Morgan fingerprint density at radius 3 is 2.00 bits per heavy atom. The van der Waals surface area contributed by atoms with Crippen LogP contribution in [0.3, 0.4) is 0 Å². The lowest BCUT2D eigenvalue weighted by Gasteiger charge is -2.21. The van der Waals surface area contributed by atoms with E-state index in [0.717, 1.165) is 5.57 Å². The van der Waals surface area contributed by atoms with Gasteiger partial charge < -0.3 is 5.21 Å². The number of hydrogen-bond acceptors (Lipinski definition) is 2. The molecule has 0 unspecified atom stereocenters. The Morgan fingerprint density at radius 2 is 2.00 bits per heavy atom. The standard InChI is InChI=1S/C6H13NO/c1-5(2)6(3,4)7-8/h7-8H,1H2,2-4H3. The van der Waals surface area contributed by atoms with Crippen molar-refractivity contribution in [3.8, 4) is 0 Å². The molecular formula is C6H13NO. The van der Waals surface area contributed by atoms with Gasteiger partial charge in [0, 0.05) is 0 Å². The normalized spacial score (nSPS) is 11.5. The highest BCUT2D eigenvalue weighted by molar-refractivity contribution is 5.07. The lowest BCUT2D eigenvalue weighted by atomic mass is 9.99. The van der Waals surface area contributed by atoms with E-state index in [2.05, 4.69) is 12.1 Å². The van der Waals surface area contributed by atoms with Crippen LogP contribution >= 0.6 is 0 Å². The van der Waals surface area contributed by atoms with E-state index in [-0.39, 0.29) is 5.54 Å². The van der Waals surface area contributed by atoms with Crippen LogP contribution in [-0.2, 0) is 0 Å². The average molecular weight is 115 g/mol. The van der Waals surface area contributed by atoms with Gasteiger partial charge in [-0.1, -0.05) is 12.2 Å². The summed E-state index contributed by atoms with van der Waals surface area (Å²) in [6.45, 7) is 9.25. The second kappa shape index (κ2) is 2.29. The van der Waals surface area contributed by atoms with Crippen LogP contribution in [-0.4, -0.2) is 10.7 Å². The van der Waals surface area contributed by atoms with Crippen molar-refractivity contribution in [1.29, 1.82) is 0 Å². The monoisotopic (exact) mass is 115 g/mol. The molecular weight excluding hydrogens is 102 g/mol. The molecule has 0 aliphatic carbocycles. The SMILES string of the molecule is C=C(C)C(C)(C)NO. The van der Waals surface area contributed by atoms with Crippen molar-refractivity contribution in [1.82, 2.24) is 5.48 Å². The smallest absolute Gasteiger partial charge is 0.0576 e. The first kappa shape index (κ1) is 7.66. The van der Waals surface area contributed by atoms with Crippen molar-refractivity contribution in [2.24, 2.45) is 0 Å². The molecule has 0 radical (unpaired) electrons. The molecule has 0 saturated heterocycles. The summed E-state index contributed by atoms with van der Waals surface area (Å²) in [7, 11) is 0. The van der Waals surface area contributed by atoms with Gasteiger partial charge in [-0.05, 0) is 20.8 Å². The molecule has 0 rings (SSSR count). The maximum absolute atomic E-state index is 8.45. The highest BCUT2D eigenvalue weighted by atomic mass is 16.5. The number of nitrogens with one attached hydrogen (secondary N) is 1. The molecule has 8 heavy (non-hydrogen) atoms. The average Bonchev–Trinajstić information content (AvgIpc) is 1.67. The summed E-state index contributed by atoms with van der Waals surface area (Å²) in [4.78, 5) is 0. The number of rotatable bonds is 2. The highest BCUT2D eigenvalue weighted by Crippen LogP contribution is 2.10. The van der Waals surface area contributed by atoms with Crippen LogP contribution in [0.5, 0.6) is 0 Å². The van der Waals surface area contributed by atoms with Crippen LogP contribution in [0.1, 0.15) is 20.8 Å². The van der Waals surface area contributed by atoms with E-state index in [1.807, 2.05) is 20.8 Å². The molecule has 0 aliphatic rings. The van der Waals surface area contributed by atoms with Crippen molar-refractivity contribution >= 4 is 0 Å². The first-order valence-corrected chi connectivity index (χ1v) is 2.58. The zero-order chi connectivity index (χ0) is 6.78. The highest BCUT2D eigenvalue weighted by Gasteiger charge is 2.15. The Balaban J connectivity index is 3.91. The summed E-state index contributed by atoms with van der Waals surface area (Å²) < 4.78 is 0. The summed E-state index contributed by atoms with van der Waals surface area (Å²) in [5, 5.41) is 8.45. The van der Waals surface area contributed by atoms with Gasteiger partial charge in [0.05, 0.1) is 5.54 Å². The van der Waals surface area contributed by atoms with E-state index >= 15 is 0 Å². The van der Waals surface area contributed by atoms with Crippen LogP contribution in [0, 0.1) is 0 Å². The first-order valence-electron chi connectivity index (χ1n) is 2.58. The summed E-state index contributed by atoms with van der Waals surface area (Å²) in [6, 6.07) is 0. The van der Waals surface area contributed by atoms with Crippen LogP contribution in [0.2, 0.25) is 0 Å². The summed E-state index contributed by atoms with van der Waals surface area (Å²) >= 11 is 0. The van der Waals surface area contributed by atoms with Crippen molar-refractivity contribution in [2.45, 2.75) is 26.3 Å². The molecule has 0 fully saturated rings. The Bertz CT molecular complexity index is 96.7. The van der Waals surface area contributed by atoms with E-state index < -0.39 is 0 Å². The fourth-order valence-corrected chi connectivity index (χ4v) is 0.0954. The predicted molar refractivity (Wildman–Crippen MR) is 33.8 cm³/mol. The maximum Gasteiger partial charge on any atom is 0.0576 e. The Hall–Kier alpha value is -0.340. The van der Waals surface area contributed by atoms with Gasteiger partial charge >= 0.3 is 0 Å². The zero-order valence-corrected chi connectivity index (χ0v) is 5.65. The molecule has 0 aromatic carbocycles. The number of hydrogen-bond donors (Lipinski definition) is 2. The van der Waals surface area contributed by atoms with Gasteiger partial charge in [-0.2, -0.15) is 5.48 Å². The minimum absolute atomic E-state index is 0.347. The third-order valence-electron chi connectivity index (χ3n) is 1.35. The van der Waals surface area contributed by atoms with Crippen LogP contribution < -0.4 is 5.48 Å². The molecule has 2 N–H and O–H groups in total. The van der Waals surface area contributed by atoms with Crippen LogP contribution in [0.4, 0.5) is 0 Å². The second-order valence-corrected chi connectivity index (χ2v) is 2.52. The molecule has 48 valence electrons. The van der Waals surface area contributed by atoms with Crippen molar-refractivity contribution in [2.75, 3.05) is 0 Å². The van der Waals surface area contributed by atoms with E-state index in [1.54, 1.807) is 0 Å². The first-order chi connectivity index (χ1) is 3.50. The van der Waals surface area contributed by atoms with Gasteiger partial charge in [0.25, 0.3) is 0 Å². The van der Waals surface area contributed by atoms with Gasteiger partial charge in [0.1, 0.15) is 0 Å². The maximum atomic E-state index is 8.45. The molecule has 0 amide bonds. The summed E-state index contributed by atoms with van der Waals surface area (Å²) in [5.41, 5.74) is 2.71. The van der Waals surface area contributed by atoms with E-state index in [0.29, 0.717) is 0 Å². The molecule has 2 nitrogen and oxygen atoms in total. The van der Waals surface area contributed by atoms with E-state index in [1.165, 1.54) is 0 Å². The summed E-state index contributed by atoms with van der Waals surface area (Å²) in [6.07, 6.45) is 0. The Labute approximate surface area is 50.2 Å². The molecule has 0 aromatic rings. The molecule has 0 spiro atoms. The Morgan fingerprint density at radius 1 is 1.62 bits per heavy atom. The van der Waals surface area contributed by atoms with Crippen LogP contribution in [0.25, 0.3) is 0 Å². The lowest BCUT2D eigenvalue weighted by Crippen LogP contribution is -2.37. The zero-order valence-electron chi connectivity index (χ0n) is 5.65. The predicted octanol–water partition coefficient (Wildman–Crippen LogP) is 1.32. The topological polar surface area (TPSA) is 32.3 Å². The Kier molecular flexibility index (Phi) is 2.19. The molecule has 0 aliphatic heterocycles. The molecule has 0 aromatic heterocycles. The fourth-order valence-electron chi connectivity index (χ4n) is 0.0954. The van der Waals surface area contributed by atoms with Gasteiger partial charge in [-0.3, -0.25) is 0 Å². The molecule has 0 bridgehead atoms. The van der Waals surface area contributed by atoms with E-state index in [9.17, 15) is 0 Å². The van der Waals surface area contributed by atoms with Crippen molar-refractivity contribution < 1.29 is 5.21 Å². The molecule has 0 heterocycles.